The van der Waals surface area contributed by atoms with Gasteiger partial charge in [-0.2, -0.15) is 0 Å². The maximum atomic E-state index is 11.5. The van der Waals surface area contributed by atoms with E-state index in [4.69, 9.17) is 10.5 Å². The van der Waals surface area contributed by atoms with Crippen LogP contribution in [-0.4, -0.2) is 23.3 Å². The Morgan fingerprint density at radius 1 is 1.60 bits per heavy atom. The lowest BCUT2D eigenvalue weighted by molar-refractivity contribution is 0.0515. The van der Waals surface area contributed by atoms with Crippen LogP contribution in [0, 0.1) is 0 Å². The van der Waals surface area contributed by atoms with Gasteiger partial charge in [-0.1, -0.05) is 6.92 Å². The SMILES string of the molecule is CCOC(=O)c1ncc(N)cc1SCC. The molecule has 15 heavy (non-hydrogen) atoms. The fraction of sp³-hybridized carbons (Fsp3) is 0.400. The van der Waals surface area contributed by atoms with Crippen molar-refractivity contribution in [1.29, 1.82) is 0 Å². The van der Waals surface area contributed by atoms with Crippen LogP contribution in [0.2, 0.25) is 0 Å². The number of nitrogen functional groups attached to an aromatic ring is 1. The number of hydrogen-bond donors (Lipinski definition) is 1. The molecule has 5 heteroatoms. The molecule has 4 nitrogen and oxygen atoms in total. The van der Waals surface area contributed by atoms with Gasteiger partial charge in [0.25, 0.3) is 0 Å². The smallest absolute Gasteiger partial charge is 0.358 e. The Hall–Kier alpha value is -1.23. The van der Waals surface area contributed by atoms with Gasteiger partial charge < -0.3 is 10.5 Å². The van der Waals surface area contributed by atoms with Crippen molar-refractivity contribution in [3.63, 3.8) is 0 Å². The van der Waals surface area contributed by atoms with E-state index >= 15 is 0 Å². The molecule has 0 aliphatic rings. The molecule has 0 aliphatic heterocycles. The molecule has 0 unspecified atom stereocenters. The number of thioether (sulfide) groups is 1. The number of carbonyl (C=O) groups is 1. The van der Waals surface area contributed by atoms with E-state index in [2.05, 4.69) is 4.98 Å². The molecule has 0 fully saturated rings. The first kappa shape index (κ1) is 11.8. The summed E-state index contributed by atoms with van der Waals surface area (Å²) in [6, 6.07) is 1.74. The molecule has 82 valence electrons. The summed E-state index contributed by atoms with van der Waals surface area (Å²) in [7, 11) is 0. The third-order valence-electron chi connectivity index (χ3n) is 1.64. The van der Waals surface area contributed by atoms with E-state index in [0.717, 1.165) is 10.6 Å². The Morgan fingerprint density at radius 3 is 2.93 bits per heavy atom. The van der Waals surface area contributed by atoms with Crippen LogP contribution in [0.25, 0.3) is 0 Å². The lowest BCUT2D eigenvalue weighted by Crippen LogP contribution is -2.09. The van der Waals surface area contributed by atoms with Crippen LogP contribution in [0.15, 0.2) is 17.2 Å². The fourth-order valence-corrected chi connectivity index (χ4v) is 1.88. The Kier molecular flexibility index (Phi) is 4.42. The van der Waals surface area contributed by atoms with Crippen LogP contribution >= 0.6 is 11.8 Å². The molecule has 1 heterocycles. The van der Waals surface area contributed by atoms with Gasteiger partial charge in [0.1, 0.15) is 0 Å². The summed E-state index contributed by atoms with van der Waals surface area (Å²) >= 11 is 1.53. The Labute approximate surface area is 93.2 Å². The van der Waals surface area contributed by atoms with Gasteiger partial charge in [-0.15, -0.1) is 11.8 Å². The normalized spacial score (nSPS) is 10.0. The number of ether oxygens (including phenoxy) is 1. The molecule has 0 aliphatic carbocycles. The molecule has 0 amide bonds. The molecule has 1 aromatic heterocycles. The molecule has 0 radical (unpaired) electrons. The summed E-state index contributed by atoms with van der Waals surface area (Å²) < 4.78 is 4.90. The molecule has 2 N–H and O–H groups in total. The summed E-state index contributed by atoms with van der Waals surface area (Å²) in [6.07, 6.45) is 1.46. The number of carbonyl (C=O) groups excluding carboxylic acids is 1. The predicted molar refractivity (Wildman–Crippen MR) is 61.0 cm³/mol. The van der Waals surface area contributed by atoms with E-state index in [1.807, 2.05) is 6.92 Å². The lowest BCUT2D eigenvalue weighted by atomic mass is 10.3. The summed E-state index contributed by atoms with van der Waals surface area (Å²) in [5.41, 5.74) is 6.50. The molecule has 0 bridgehead atoms. The van der Waals surface area contributed by atoms with Gasteiger partial charge in [0.2, 0.25) is 0 Å². The number of nitrogens with two attached hydrogens (primary N) is 1. The number of aromatic nitrogens is 1. The maximum absolute atomic E-state index is 11.5. The first-order valence-corrected chi connectivity index (χ1v) is 5.73. The topological polar surface area (TPSA) is 65.2 Å². The Balaban J connectivity index is 2.99. The molecule has 0 spiro atoms. The predicted octanol–water partition coefficient (Wildman–Crippen LogP) is 1.95. The standard InChI is InChI=1S/C10H14N2O2S/c1-3-14-10(13)9-8(15-4-2)5-7(11)6-12-9/h5-6H,3-4,11H2,1-2H3. The zero-order valence-corrected chi connectivity index (χ0v) is 9.63. The average molecular weight is 226 g/mol. The van der Waals surface area contributed by atoms with Gasteiger partial charge in [-0.3, -0.25) is 0 Å². The summed E-state index contributed by atoms with van der Waals surface area (Å²) in [6.45, 7) is 4.12. The fourth-order valence-electron chi connectivity index (χ4n) is 1.08. The van der Waals surface area contributed by atoms with Crippen molar-refractivity contribution in [3.05, 3.63) is 18.0 Å². The van der Waals surface area contributed by atoms with E-state index in [1.54, 1.807) is 13.0 Å². The van der Waals surface area contributed by atoms with Crippen molar-refractivity contribution >= 4 is 23.4 Å². The average Bonchev–Trinajstić information content (AvgIpc) is 2.18. The van der Waals surface area contributed by atoms with Gasteiger partial charge in [0, 0.05) is 4.90 Å². The van der Waals surface area contributed by atoms with E-state index < -0.39 is 5.97 Å². The highest BCUT2D eigenvalue weighted by Crippen LogP contribution is 2.23. The van der Waals surface area contributed by atoms with Gasteiger partial charge in [-0.25, -0.2) is 9.78 Å². The van der Waals surface area contributed by atoms with Crippen molar-refractivity contribution < 1.29 is 9.53 Å². The monoisotopic (exact) mass is 226 g/mol. The van der Waals surface area contributed by atoms with E-state index in [-0.39, 0.29) is 0 Å². The minimum atomic E-state index is -0.395. The molecular formula is C10H14N2O2S. The zero-order chi connectivity index (χ0) is 11.3. The van der Waals surface area contributed by atoms with Crippen LogP contribution < -0.4 is 5.73 Å². The lowest BCUT2D eigenvalue weighted by Gasteiger charge is -2.07. The number of nitrogens with zero attached hydrogens (tertiary/aromatic N) is 1. The van der Waals surface area contributed by atoms with Crippen LogP contribution in [0.1, 0.15) is 24.3 Å². The number of hydrogen-bond acceptors (Lipinski definition) is 5. The number of anilines is 1. The second-order valence-electron chi connectivity index (χ2n) is 2.77. The highest BCUT2D eigenvalue weighted by molar-refractivity contribution is 7.99. The van der Waals surface area contributed by atoms with Crippen molar-refractivity contribution in [2.75, 3.05) is 18.1 Å². The molecule has 0 saturated heterocycles. The molecule has 1 aromatic rings. The zero-order valence-electron chi connectivity index (χ0n) is 8.82. The number of esters is 1. The first-order valence-electron chi connectivity index (χ1n) is 4.74. The second-order valence-corrected chi connectivity index (χ2v) is 4.07. The van der Waals surface area contributed by atoms with Gasteiger partial charge in [-0.05, 0) is 18.7 Å². The highest BCUT2D eigenvalue weighted by Gasteiger charge is 2.14. The third kappa shape index (κ3) is 3.13. The van der Waals surface area contributed by atoms with E-state index in [9.17, 15) is 4.79 Å². The first-order chi connectivity index (χ1) is 7.19. The Morgan fingerprint density at radius 2 is 2.33 bits per heavy atom. The third-order valence-corrected chi connectivity index (χ3v) is 2.55. The van der Waals surface area contributed by atoms with Crippen LogP contribution in [0.5, 0.6) is 0 Å². The van der Waals surface area contributed by atoms with Gasteiger partial charge in [0.05, 0.1) is 18.5 Å². The minimum absolute atomic E-state index is 0.345. The van der Waals surface area contributed by atoms with E-state index in [0.29, 0.717) is 18.0 Å². The van der Waals surface area contributed by atoms with Crippen LogP contribution in [-0.2, 0) is 4.74 Å². The molecule has 0 atom stereocenters. The summed E-state index contributed by atoms with van der Waals surface area (Å²) in [5, 5.41) is 0. The van der Waals surface area contributed by atoms with E-state index in [1.165, 1.54) is 18.0 Å². The van der Waals surface area contributed by atoms with Crippen LogP contribution in [0.3, 0.4) is 0 Å². The Bertz CT molecular complexity index is 355. The van der Waals surface area contributed by atoms with Crippen molar-refractivity contribution in [3.8, 4) is 0 Å². The van der Waals surface area contributed by atoms with Gasteiger partial charge in [0.15, 0.2) is 5.69 Å². The quantitative estimate of drug-likeness (QED) is 0.628. The van der Waals surface area contributed by atoms with Crippen molar-refractivity contribution in [2.24, 2.45) is 0 Å². The molecule has 0 aromatic carbocycles. The summed E-state index contributed by atoms with van der Waals surface area (Å²) in [5.74, 6) is 0.464. The number of pyridine rings is 1. The van der Waals surface area contributed by atoms with Gasteiger partial charge >= 0.3 is 5.97 Å². The molecular weight excluding hydrogens is 212 g/mol. The highest BCUT2D eigenvalue weighted by atomic mass is 32.2. The van der Waals surface area contributed by atoms with Crippen molar-refractivity contribution in [1.82, 2.24) is 4.98 Å². The van der Waals surface area contributed by atoms with Crippen molar-refractivity contribution in [2.45, 2.75) is 18.7 Å². The summed E-state index contributed by atoms with van der Waals surface area (Å²) in [4.78, 5) is 16.3. The molecule has 0 saturated carbocycles. The second kappa shape index (κ2) is 5.60. The minimum Gasteiger partial charge on any atom is -0.461 e. The molecule has 1 rings (SSSR count). The maximum Gasteiger partial charge on any atom is 0.358 e. The largest absolute Gasteiger partial charge is 0.461 e. The number of rotatable bonds is 4. The van der Waals surface area contributed by atoms with Crippen LogP contribution in [0.4, 0.5) is 5.69 Å².